The quantitative estimate of drug-likeness (QED) is 0.217. The van der Waals surface area contributed by atoms with Crippen LogP contribution in [0.3, 0.4) is 0 Å². The molecule has 8 nitrogen and oxygen atoms in total. The molecule has 0 saturated heterocycles. The van der Waals surface area contributed by atoms with Crippen molar-refractivity contribution in [1.29, 1.82) is 0 Å². The molecular weight excluding hydrogens is 538 g/mol. The van der Waals surface area contributed by atoms with Gasteiger partial charge in [-0.1, -0.05) is 37.3 Å². The molecule has 1 aromatic heterocycles. The predicted molar refractivity (Wildman–Crippen MR) is 162 cm³/mol. The molecule has 0 saturated carbocycles. The Morgan fingerprint density at radius 3 is 2.24 bits per heavy atom. The minimum Gasteiger partial charge on any atom is -0.497 e. The molecule has 1 unspecified atom stereocenters. The van der Waals surface area contributed by atoms with E-state index in [-0.39, 0.29) is 24.8 Å². The Bertz CT molecular complexity index is 1470. The molecule has 1 atom stereocenters. The highest BCUT2D eigenvalue weighted by atomic mass is 32.1. The third-order valence-corrected chi connectivity index (χ3v) is 7.99. The average Bonchev–Trinajstić information content (AvgIpc) is 3.49. The number of benzene rings is 3. The molecule has 1 heterocycles. The van der Waals surface area contributed by atoms with Crippen molar-refractivity contribution in [3.05, 3.63) is 88.7 Å². The van der Waals surface area contributed by atoms with Gasteiger partial charge < -0.3 is 24.4 Å². The van der Waals surface area contributed by atoms with Crippen LogP contribution in [0.1, 0.15) is 30.8 Å². The SMILES string of the molecule is CCC(C)(C(=O)Nc1ccc(OC)cc1OC)N(Cc1nc(-c2ccc(OC)cc2)cs1)C(=O)Cc1ccccc1. The number of amides is 2. The van der Waals surface area contributed by atoms with Gasteiger partial charge in [-0.25, -0.2) is 4.98 Å². The lowest BCUT2D eigenvalue weighted by Crippen LogP contribution is -2.56. The molecule has 0 aliphatic carbocycles. The lowest BCUT2D eigenvalue weighted by atomic mass is 9.93. The van der Waals surface area contributed by atoms with Crippen LogP contribution >= 0.6 is 11.3 Å². The summed E-state index contributed by atoms with van der Waals surface area (Å²) in [7, 11) is 4.72. The number of anilines is 1. The number of nitrogens with zero attached hydrogens (tertiary/aromatic N) is 2. The van der Waals surface area contributed by atoms with Gasteiger partial charge in [0.2, 0.25) is 11.8 Å². The van der Waals surface area contributed by atoms with Gasteiger partial charge in [-0.3, -0.25) is 9.59 Å². The molecular formula is C32H35N3O5S. The summed E-state index contributed by atoms with van der Waals surface area (Å²) in [6, 6.07) is 22.4. The van der Waals surface area contributed by atoms with Crippen LogP contribution < -0.4 is 19.5 Å². The van der Waals surface area contributed by atoms with Crippen molar-refractivity contribution in [3.8, 4) is 28.5 Å². The van der Waals surface area contributed by atoms with Gasteiger partial charge >= 0.3 is 0 Å². The molecule has 4 aromatic rings. The average molecular weight is 574 g/mol. The minimum atomic E-state index is -1.18. The number of carbonyl (C=O) groups excluding carboxylic acids is 2. The molecule has 0 fully saturated rings. The van der Waals surface area contributed by atoms with E-state index in [1.54, 1.807) is 44.2 Å². The Morgan fingerprint density at radius 1 is 0.927 bits per heavy atom. The molecule has 0 bridgehead atoms. The van der Waals surface area contributed by atoms with Gasteiger partial charge in [0.25, 0.3) is 0 Å². The summed E-state index contributed by atoms with van der Waals surface area (Å²) in [6.07, 6.45) is 0.542. The van der Waals surface area contributed by atoms with E-state index in [0.717, 1.165) is 27.6 Å². The molecule has 214 valence electrons. The summed E-state index contributed by atoms with van der Waals surface area (Å²) >= 11 is 1.46. The molecule has 3 aromatic carbocycles. The number of aromatic nitrogens is 1. The zero-order chi connectivity index (χ0) is 29.4. The second-order valence-electron chi connectivity index (χ2n) is 9.64. The van der Waals surface area contributed by atoms with E-state index in [2.05, 4.69) is 5.32 Å². The summed E-state index contributed by atoms with van der Waals surface area (Å²) in [5.41, 5.74) is 1.93. The number of carbonyl (C=O) groups is 2. The van der Waals surface area contributed by atoms with Crippen molar-refractivity contribution in [3.63, 3.8) is 0 Å². The highest BCUT2D eigenvalue weighted by Gasteiger charge is 2.41. The van der Waals surface area contributed by atoms with Crippen molar-refractivity contribution >= 4 is 28.8 Å². The van der Waals surface area contributed by atoms with Crippen LogP contribution in [0.5, 0.6) is 17.2 Å². The van der Waals surface area contributed by atoms with E-state index in [0.29, 0.717) is 23.6 Å². The van der Waals surface area contributed by atoms with Gasteiger partial charge in [-0.2, -0.15) is 0 Å². The second kappa shape index (κ2) is 13.3. The molecule has 0 aliphatic rings. The molecule has 1 N–H and O–H groups in total. The Balaban J connectivity index is 1.65. The van der Waals surface area contributed by atoms with Crippen LogP contribution in [-0.4, -0.2) is 48.6 Å². The largest absolute Gasteiger partial charge is 0.497 e. The number of nitrogens with one attached hydrogen (secondary N) is 1. The van der Waals surface area contributed by atoms with Gasteiger partial charge in [0.1, 0.15) is 27.8 Å². The topological polar surface area (TPSA) is 90.0 Å². The van der Waals surface area contributed by atoms with E-state index >= 15 is 0 Å². The van der Waals surface area contributed by atoms with Crippen LogP contribution in [0.4, 0.5) is 5.69 Å². The third-order valence-electron chi connectivity index (χ3n) is 7.16. The Labute approximate surface area is 244 Å². The lowest BCUT2D eigenvalue weighted by Gasteiger charge is -2.39. The molecule has 0 spiro atoms. The van der Waals surface area contributed by atoms with E-state index in [1.807, 2.05) is 66.9 Å². The van der Waals surface area contributed by atoms with E-state index in [4.69, 9.17) is 19.2 Å². The van der Waals surface area contributed by atoms with Gasteiger partial charge in [-0.15, -0.1) is 11.3 Å². The molecule has 4 rings (SSSR count). The first-order valence-electron chi connectivity index (χ1n) is 13.3. The minimum absolute atomic E-state index is 0.159. The van der Waals surface area contributed by atoms with E-state index in [1.165, 1.54) is 18.4 Å². The maximum atomic E-state index is 13.9. The van der Waals surface area contributed by atoms with E-state index < -0.39 is 5.54 Å². The fourth-order valence-electron chi connectivity index (χ4n) is 4.45. The lowest BCUT2D eigenvalue weighted by molar-refractivity contribution is -0.145. The highest BCUT2D eigenvalue weighted by Crippen LogP contribution is 2.33. The van der Waals surface area contributed by atoms with Crippen LogP contribution in [0.2, 0.25) is 0 Å². The summed E-state index contributed by atoms with van der Waals surface area (Å²) in [6.45, 7) is 3.88. The molecule has 0 aliphatic heterocycles. The first-order valence-corrected chi connectivity index (χ1v) is 14.2. The van der Waals surface area contributed by atoms with Crippen molar-refractivity contribution in [1.82, 2.24) is 9.88 Å². The fourth-order valence-corrected chi connectivity index (χ4v) is 5.24. The van der Waals surface area contributed by atoms with Gasteiger partial charge in [0.05, 0.1) is 45.7 Å². The molecule has 0 radical (unpaired) electrons. The fraction of sp³-hybridized carbons (Fsp3) is 0.281. The smallest absolute Gasteiger partial charge is 0.250 e. The molecule has 9 heteroatoms. The maximum Gasteiger partial charge on any atom is 0.250 e. The summed E-state index contributed by atoms with van der Waals surface area (Å²) in [4.78, 5) is 34.3. The number of hydrogen-bond acceptors (Lipinski definition) is 7. The monoisotopic (exact) mass is 573 g/mol. The van der Waals surface area contributed by atoms with Gasteiger partial charge in [0, 0.05) is 17.0 Å². The van der Waals surface area contributed by atoms with Crippen molar-refractivity contribution in [2.45, 2.75) is 38.8 Å². The Hall–Kier alpha value is -4.37. The van der Waals surface area contributed by atoms with Crippen LogP contribution in [0.15, 0.2) is 78.2 Å². The summed E-state index contributed by atoms with van der Waals surface area (Å²) < 4.78 is 16.0. The Morgan fingerprint density at radius 2 is 1.61 bits per heavy atom. The standard InChI is InChI=1S/C32H35N3O5S/c1-6-32(2,31(37)34-26-17-16-25(39-4)19-28(26)40-5)35(30(36)18-22-10-8-7-9-11-22)20-29-33-27(21-41-29)23-12-14-24(38-3)15-13-23/h7-17,19,21H,6,18,20H2,1-5H3,(H,34,37). The number of ether oxygens (including phenoxy) is 3. The van der Waals surface area contributed by atoms with Crippen LogP contribution in [-0.2, 0) is 22.6 Å². The second-order valence-corrected chi connectivity index (χ2v) is 10.6. The number of methoxy groups -OCH3 is 3. The predicted octanol–water partition coefficient (Wildman–Crippen LogP) is 6.21. The highest BCUT2D eigenvalue weighted by molar-refractivity contribution is 7.09. The van der Waals surface area contributed by atoms with Gasteiger partial charge in [-0.05, 0) is 55.3 Å². The van der Waals surface area contributed by atoms with Crippen molar-refractivity contribution in [2.75, 3.05) is 26.6 Å². The first-order chi connectivity index (χ1) is 19.8. The normalized spacial score (nSPS) is 12.2. The zero-order valence-corrected chi connectivity index (χ0v) is 24.8. The molecule has 2 amide bonds. The summed E-state index contributed by atoms with van der Waals surface area (Å²) in [5.74, 6) is 1.34. The number of rotatable bonds is 12. The summed E-state index contributed by atoms with van der Waals surface area (Å²) in [5, 5.41) is 5.68. The van der Waals surface area contributed by atoms with Crippen molar-refractivity contribution < 1.29 is 23.8 Å². The van der Waals surface area contributed by atoms with Crippen molar-refractivity contribution in [2.24, 2.45) is 0 Å². The maximum absolute atomic E-state index is 13.9. The van der Waals surface area contributed by atoms with Crippen LogP contribution in [0.25, 0.3) is 11.3 Å². The zero-order valence-electron chi connectivity index (χ0n) is 24.0. The van der Waals surface area contributed by atoms with E-state index in [9.17, 15) is 9.59 Å². The Kier molecular flexibility index (Phi) is 9.62. The molecule has 41 heavy (non-hydrogen) atoms. The number of hydrogen-bond donors (Lipinski definition) is 1. The van der Waals surface area contributed by atoms with Gasteiger partial charge in [0.15, 0.2) is 0 Å². The number of thiazole rings is 1. The third kappa shape index (κ3) is 6.86. The van der Waals surface area contributed by atoms with Crippen LogP contribution in [0, 0.1) is 0 Å². The first kappa shape index (κ1) is 29.6.